The first kappa shape index (κ1) is 16.0. The van der Waals surface area contributed by atoms with Crippen LogP contribution in [0.2, 0.25) is 0 Å². The first-order valence-electron chi connectivity index (χ1n) is 7.14. The summed E-state index contributed by atoms with van der Waals surface area (Å²) in [4.78, 5) is 0. The molecule has 2 rings (SSSR count). The zero-order valence-electron chi connectivity index (χ0n) is 13.0. The summed E-state index contributed by atoms with van der Waals surface area (Å²) in [5.41, 5.74) is 10.2. The Balaban J connectivity index is 2.17. The molecule has 114 valence electrons. The van der Waals surface area contributed by atoms with Crippen molar-refractivity contribution in [3.8, 4) is 5.75 Å². The Morgan fingerprint density at radius 1 is 1.38 bits per heavy atom. The van der Waals surface area contributed by atoms with Crippen LogP contribution in [-0.4, -0.2) is 9.78 Å². The monoisotopic (exact) mass is 351 g/mol. The van der Waals surface area contributed by atoms with Gasteiger partial charge in [0.05, 0.1) is 15.9 Å². The van der Waals surface area contributed by atoms with Crippen molar-refractivity contribution in [3.05, 3.63) is 45.2 Å². The van der Waals surface area contributed by atoms with Gasteiger partial charge in [0.25, 0.3) is 0 Å². The largest absolute Gasteiger partial charge is 0.487 e. The number of aromatic nitrogens is 2. The van der Waals surface area contributed by atoms with Crippen LogP contribution in [0.15, 0.2) is 22.7 Å². The quantitative estimate of drug-likeness (QED) is 0.889. The Labute approximate surface area is 134 Å². The van der Waals surface area contributed by atoms with Gasteiger partial charge >= 0.3 is 0 Å². The van der Waals surface area contributed by atoms with E-state index in [1.165, 1.54) is 0 Å². The lowest BCUT2D eigenvalue weighted by molar-refractivity contribution is 0.289. The minimum Gasteiger partial charge on any atom is -0.487 e. The number of hydrogen-bond acceptors (Lipinski definition) is 3. The number of rotatable bonds is 5. The third kappa shape index (κ3) is 3.47. The van der Waals surface area contributed by atoms with E-state index in [4.69, 9.17) is 10.5 Å². The molecule has 5 heteroatoms. The number of halogens is 1. The second kappa shape index (κ2) is 6.62. The van der Waals surface area contributed by atoms with E-state index < -0.39 is 0 Å². The lowest BCUT2D eigenvalue weighted by atomic mass is 10.1. The van der Waals surface area contributed by atoms with Crippen molar-refractivity contribution in [2.75, 3.05) is 0 Å². The summed E-state index contributed by atoms with van der Waals surface area (Å²) >= 11 is 3.58. The zero-order valence-corrected chi connectivity index (χ0v) is 14.6. The maximum Gasteiger partial charge on any atom is 0.131 e. The highest BCUT2D eigenvalue weighted by atomic mass is 79.9. The molecule has 2 N–H and O–H groups in total. The Bertz CT molecular complexity index is 635. The molecule has 0 aliphatic rings. The molecule has 1 heterocycles. The molecule has 1 aromatic heterocycles. The minimum absolute atomic E-state index is 0.0380. The Kier molecular flexibility index (Phi) is 5.06. The summed E-state index contributed by atoms with van der Waals surface area (Å²) in [5.74, 6) is 0.882. The van der Waals surface area contributed by atoms with E-state index in [1.807, 2.05) is 37.6 Å². The average molecular weight is 352 g/mol. The molecular weight excluding hydrogens is 330 g/mol. The molecule has 0 fully saturated rings. The van der Waals surface area contributed by atoms with Gasteiger partial charge in [-0.25, -0.2) is 0 Å². The summed E-state index contributed by atoms with van der Waals surface area (Å²) < 4.78 is 8.95. The van der Waals surface area contributed by atoms with Crippen molar-refractivity contribution in [1.82, 2.24) is 9.78 Å². The van der Waals surface area contributed by atoms with Crippen molar-refractivity contribution in [3.63, 3.8) is 0 Å². The normalized spacial score (nSPS) is 12.5. The summed E-state index contributed by atoms with van der Waals surface area (Å²) in [6.07, 6.45) is 0. The topological polar surface area (TPSA) is 53.1 Å². The summed E-state index contributed by atoms with van der Waals surface area (Å²) in [5, 5.41) is 4.47. The zero-order chi connectivity index (χ0) is 15.6. The highest BCUT2D eigenvalue weighted by Gasteiger charge is 2.13. The molecule has 0 saturated heterocycles. The van der Waals surface area contributed by atoms with E-state index in [0.717, 1.165) is 39.3 Å². The van der Waals surface area contributed by atoms with Crippen molar-refractivity contribution < 1.29 is 4.74 Å². The maximum atomic E-state index is 5.96. The van der Waals surface area contributed by atoms with E-state index in [2.05, 4.69) is 34.0 Å². The fourth-order valence-electron chi connectivity index (χ4n) is 2.27. The average Bonchev–Trinajstić information content (AvgIpc) is 2.72. The van der Waals surface area contributed by atoms with Crippen LogP contribution < -0.4 is 10.5 Å². The molecule has 0 saturated carbocycles. The molecule has 0 bridgehead atoms. The SMILES string of the molecule is CCn1nc(C)c(Br)c1COc1ccc(C(C)N)cc1C. The van der Waals surface area contributed by atoms with Crippen LogP contribution in [0.25, 0.3) is 0 Å². The third-order valence-corrected chi connectivity index (χ3v) is 4.57. The molecule has 2 aromatic rings. The predicted molar refractivity (Wildman–Crippen MR) is 88.5 cm³/mol. The fourth-order valence-corrected chi connectivity index (χ4v) is 2.67. The molecule has 0 radical (unpaired) electrons. The Morgan fingerprint density at radius 3 is 2.67 bits per heavy atom. The van der Waals surface area contributed by atoms with E-state index in [-0.39, 0.29) is 6.04 Å². The van der Waals surface area contributed by atoms with E-state index in [1.54, 1.807) is 0 Å². The molecule has 0 aliphatic carbocycles. The standard InChI is InChI=1S/C16H22BrN3O/c1-5-20-14(16(17)12(4)19-20)9-21-15-7-6-13(11(3)18)8-10(15)2/h6-8,11H,5,9,18H2,1-4H3. The Hall–Kier alpha value is -1.33. The molecule has 0 spiro atoms. The first-order valence-corrected chi connectivity index (χ1v) is 7.94. The van der Waals surface area contributed by atoms with Gasteiger partial charge in [-0.2, -0.15) is 5.10 Å². The smallest absolute Gasteiger partial charge is 0.131 e. The minimum atomic E-state index is 0.0380. The van der Waals surface area contributed by atoms with Gasteiger partial charge in [0, 0.05) is 12.6 Å². The van der Waals surface area contributed by atoms with Crippen molar-refractivity contribution in [1.29, 1.82) is 0 Å². The third-order valence-electron chi connectivity index (χ3n) is 3.54. The lowest BCUT2D eigenvalue weighted by Crippen LogP contribution is -2.08. The highest BCUT2D eigenvalue weighted by Crippen LogP contribution is 2.26. The summed E-state index contributed by atoms with van der Waals surface area (Å²) in [6, 6.07) is 6.12. The number of hydrogen-bond donors (Lipinski definition) is 1. The van der Waals surface area contributed by atoms with Crippen LogP contribution in [-0.2, 0) is 13.2 Å². The molecule has 0 amide bonds. The second-order valence-electron chi connectivity index (χ2n) is 5.26. The van der Waals surface area contributed by atoms with Crippen LogP contribution in [0.3, 0.4) is 0 Å². The van der Waals surface area contributed by atoms with Crippen LogP contribution in [0.4, 0.5) is 0 Å². The number of nitrogens with zero attached hydrogens (tertiary/aromatic N) is 2. The number of ether oxygens (including phenoxy) is 1. The van der Waals surface area contributed by atoms with Crippen LogP contribution in [0.1, 0.15) is 42.4 Å². The van der Waals surface area contributed by atoms with Gasteiger partial charge in [-0.3, -0.25) is 4.68 Å². The molecular formula is C16H22BrN3O. The van der Waals surface area contributed by atoms with E-state index in [9.17, 15) is 0 Å². The maximum absolute atomic E-state index is 5.96. The molecule has 1 unspecified atom stereocenters. The molecule has 4 nitrogen and oxygen atoms in total. The molecule has 1 atom stereocenters. The second-order valence-corrected chi connectivity index (χ2v) is 6.06. The number of aryl methyl sites for hydroxylation is 3. The van der Waals surface area contributed by atoms with Crippen LogP contribution in [0.5, 0.6) is 5.75 Å². The predicted octanol–water partition coefficient (Wildman–Crippen LogP) is 3.88. The number of nitrogens with two attached hydrogens (primary N) is 1. The fraction of sp³-hybridized carbons (Fsp3) is 0.438. The van der Waals surface area contributed by atoms with Gasteiger partial charge in [0.2, 0.25) is 0 Å². The van der Waals surface area contributed by atoms with Gasteiger partial charge < -0.3 is 10.5 Å². The molecule has 1 aromatic carbocycles. The highest BCUT2D eigenvalue weighted by molar-refractivity contribution is 9.10. The first-order chi connectivity index (χ1) is 9.93. The summed E-state index contributed by atoms with van der Waals surface area (Å²) in [7, 11) is 0. The Morgan fingerprint density at radius 2 is 2.10 bits per heavy atom. The van der Waals surface area contributed by atoms with E-state index in [0.29, 0.717) is 6.61 Å². The van der Waals surface area contributed by atoms with Gasteiger partial charge in [-0.15, -0.1) is 0 Å². The van der Waals surface area contributed by atoms with Crippen molar-refractivity contribution in [2.24, 2.45) is 5.73 Å². The van der Waals surface area contributed by atoms with E-state index >= 15 is 0 Å². The van der Waals surface area contributed by atoms with Crippen molar-refractivity contribution in [2.45, 2.75) is 46.9 Å². The van der Waals surface area contributed by atoms with Gasteiger partial charge in [-0.1, -0.05) is 12.1 Å². The number of benzene rings is 1. The molecule has 21 heavy (non-hydrogen) atoms. The van der Waals surface area contributed by atoms with Gasteiger partial charge in [0.15, 0.2) is 0 Å². The van der Waals surface area contributed by atoms with Gasteiger partial charge in [0.1, 0.15) is 12.4 Å². The molecule has 0 aliphatic heterocycles. The van der Waals surface area contributed by atoms with Crippen LogP contribution >= 0.6 is 15.9 Å². The van der Waals surface area contributed by atoms with Gasteiger partial charge in [-0.05, 0) is 60.8 Å². The van der Waals surface area contributed by atoms with Crippen molar-refractivity contribution >= 4 is 15.9 Å². The summed E-state index contributed by atoms with van der Waals surface area (Å²) in [6.45, 7) is 9.41. The lowest BCUT2D eigenvalue weighted by Gasteiger charge is -2.13. The van der Waals surface area contributed by atoms with Crippen LogP contribution in [0, 0.1) is 13.8 Å².